The van der Waals surface area contributed by atoms with E-state index in [9.17, 15) is 5.11 Å². The molecule has 0 amide bonds. The van der Waals surface area contributed by atoms with Gasteiger partial charge in [-0.15, -0.1) is 11.3 Å². The van der Waals surface area contributed by atoms with Gasteiger partial charge in [-0.1, -0.05) is 37.3 Å². The third-order valence-corrected chi connectivity index (χ3v) is 5.67. The summed E-state index contributed by atoms with van der Waals surface area (Å²) in [6.07, 6.45) is 5.23. The van der Waals surface area contributed by atoms with Crippen molar-refractivity contribution in [3.05, 3.63) is 51.5 Å². The number of aliphatic hydroxyl groups is 1. The summed E-state index contributed by atoms with van der Waals surface area (Å²) in [6, 6.07) is 11.0. The molecular weight excluding hydrogens is 292 g/mol. The summed E-state index contributed by atoms with van der Waals surface area (Å²) in [5.41, 5.74) is 2.55. The van der Waals surface area contributed by atoms with Crippen LogP contribution in [0.2, 0.25) is 0 Å². The summed E-state index contributed by atoms with van der Waals surface area (Å²) < 4.78 is 0. The second kappa shape index (κ2) is 7.36. The van der Waals surface area contributed by atoms with Crippen molar-refractivity contribution in [1.29, 1.82) is 0 Å². The summed E-state index contributed by atoms with van der Waals surface area (Å²) in [6.45, 7) is 2.38. The lowest BCUT2D eigenvalue weighted by Crippen LogP contribution is -2.29. The van der Waals surface area contributed by atoms with Gasteiger partial charge in [0.1, 0.15) is 0 Å². The van der Waals surface area contributed by atoms with E-state index in [0.717, 1.165) is 25.7 Å². The molecule has 1 aliphatic carbocycles. The minimum atomic E-state index is 0.203. The first-order valence-corrected chi connectivity index (χ1v) is 9.03. The van der Waals surface area contributed by atoms with Gasteiger partial charge in [-0.05, 0) is 37.7 Å². The van der Waals surface area contributed by atoms with Crippen LogP contribution >= 0.6 is 11.3 Å². The first-order chi connectivity index (χ1) is 10.8. The van der Waals surface area contributed by atoms with Crippen molar-refractivity contribution in [1.82, 2.24) is 10.3 Å². The van der Waals surface area contributed by atoms with Gasteiger partial charge in [0, 0.05) is 23.6 Å². The van der Waals surface area contributed by atoms with Crippen molar-refractivity contribution in [2.75, 3.05) is 6.61 Å². The highest BCUT2D eigenvalue weighted by molar-refractivity contribution is 7.11. The Labute approximate surface area is 136 Å². The molecule has 0 radical (unpaired) electrons. The van der Waals surface area contributed by atoms with Crippen molar-refractivity contribution < 1.29 is 5.11 Å². The Morgan fingerprint density at radius 3 is 2.91 bits per heavy atom. The molecule has 0 spiro atoms. The molecule has 0 saturated heterocycles. The van der Waals surface area contributed by atoms with Crippen molar-refractivity contribution in [2.24, 2.45) is 0 Å². The third kappa shape index (κ3) is 3.40. The van der Waals surface area contributed by atoms with E-state index in [0.29, 0.717) is 6.04 Å². The molecule has 0 saturated carbocycles. The lowest BCUT2D eigenvalue weighted by molar-refractivity contribution is 0.256. The average Bonchev–Trinajstić information content (AvgIpc) is 2.99. The van der Waals surface area contributed by atoms with Crippen molar-refractivity contribution >= 4 is 11.3 Å². The van der Waals surface area contributed by atoms with E-state index in [-0.39, 0.29) is 12.6 Å². The minimum Gasteiger partial charge on any atom is -0.396 e. The number of benzene rings is 1. The summed E-state index contributed by atoms with van der Waals surface area (Å²) in [5.74, 6) is 0. The Bertz CT molecular complexity index is 596. The molecule has 1 aromatic heterocycles. The molecule has 3 rings (SSSR count). The Hall–Kier alpha value is -1.23. The van der Waals surface area contributed by atoms with Crippen LogP contribution in [0.3, 0.4) is 0 Å². The first-order valence-electron chi connectivity index (χ1n) is 8.22. The van der Waals surface area contributed by atoms with E-state index in [2.05, 4.69) is 36.5 Å². The molecule has 1 aliphatic rings. The van der Waals surface area contributed by atoms with Gasteiger partial charge < -0.3 is 10.4 Å². The number of rotatable bonds is 6. The van der Waals surface area contributed by atoms with Crippen LogP contribution in [0, 0.1) is 0 Å². The van der Waals surface area contributed by atoms with Crippen molar-refractivity contribution in [3.8, 4) is 0 Å². The smallest absolute Gasteiger partial charge is 0.0928 e. The highest BCUT2D eigenvalue weighted by Crippen LogP contribution is 2.36. The maximum atomic E-state index is 9.42. The van der Waals surface area contributed by atoms with Crippen LogP contribution in [0.15, 0.2) is 30.3 Å². The zero-order valence-corrected chi connectivity index (χ0v) is 13.9. The molecule has 3 nitrogen and oxygen atoms in total. The van der Waals surface area contributed by atoms with E-state index in [1.807, 2.05) is 17.4 Å². The van der Waals surface area contributed by atoms with Crippen LogP contribution in [-0.2, 0) is 12.8 Å². The van der Waals surface area contributed by atoms with E-state index < -0.39 is 0 Å². The van der Waals surface area contributed by atoms with Crippen LogP contribution < -0.4 is 5.32 Å². The number of hydrogen-bond donors (Lipinski definition) is 2. The first kappa shape index (κ1) is 15.7. The molecule has 1 unspecified atom stereocenters. The van der Waals surface area contributed by atoms with Gasteiger partial charge in [0.05, 0.1) is 10.7 Å². The number of aryl methyl sites for hydroxylation is 2. The zero-order valence-electron chi connectivity index (χ0n) is 13.1. The highest BCUT2D eigenvalue weighted by atomic mass is 32.1. The normalized spacial score (nSPS) is 18.9. The minimum absolute atomic E-state index is 0.203. The van der Waals surface area contributed by atoms with Crippen LogP contribution in [0.1, 0.15) is 59.4 Å². The van der Waals surface area contributed by atoms with E-state index in [1.165, 1.54) is 27.6 Å². The number of fused-ring (bicyclic) bond motifs is 1. The predicted molar refractivity (Wildman–Crippen MR) is 91.2 cm³/mol. The Kier molecular flexibility index (Phi) is 5.24. The molecule has 1 aromatic carbocycles. The summed E-state index contributed by atoms with van der Waals surface area (Å²) >= 11 is 1.86. The SMILES string of the molecule is CCc1nc2c(s1)C(N[C@H](CCO)c1ccccc1)CCC2. The number of hydrogen-bond acceptors (Lipinski definition) is 4. The fourth-order valence-electron chi connectivity index (χ4n) is 3.18. The largest absolute Gasteiger partial charge is 0.396 e. The molecule has 1 heterocycles. The molecule has 2 N–H and O–H groups in total. The highest BCUT2D eigenvalue weighted by Gasteiger charge is 2.26. The number of aromatic nitrogens is 1. The van der Waals surface area contributed by atoms with Gasteiger partial charge in [0.2, 0.25) is 0 Å². The molecule has 118 valence electrons. The number of thiazole rings is 1. The molecule has 4 heteroatoms. The van der Waals surface area contributed by atoms with Crippen LogP contribution in [-0.4, -0.2) is 16.7 Å². The maximum Gasteiger partial charge on any atom is 0.0928 e. The number of nitrogens with one attached hydrogen (secondary N) is 1. The van der Waals surface area contributed by atoms with Crippen molar-refractivity contribution in [3.63, 3.8) is 0 Å². The molecule has 0 bridgehead atoms. The van der Waals surface area contributed by atoms with Gasteiger partial charge in [-0.3, -0.25) is 0 Å². The molecule has 0 fully saturated rings. The Balaban J connectivity index is 1.81. The van der Waals surface area contributed by atoms with Gasteiger partial charge >= 0.3 is 0 Å². The maximum absolute atomic E-state index is 9.42. The molecule has 0 aliphatic heterocycles. The Morgan fingerprint density at radius 1 is 1.36 bits per heavy atom. The van der Waals surface area contributed by atoms with Crippen LogP contribution in [0.5, 0.6) is 0 Å². The standard InChI is InChI=1S/C18H24N2OS/c1-2-17-20-16-10-6-9-15(18(16)22-17)19-14(11-12-21)13-7-4-3-5-8-13/h3-5,7-8,14-15,19,21H,2,6,9-12H2,1H3/t14-,15?/m1/s1. The second-order valence-electron chi connectivity index (χ2n) is 5.86. The van der Waals surface area contributed by atoms with Crippen LogP contribution in [0.4, 0.5) is 0 Å². The zero-order chi connectivity index (χ0) is 15.4. The summed E-state index contributed by atoms with van der Waals surface area (Å²) in [5, 5.41) is 14.4. The third-order valence-electron chi connectivity index (χ3n) is 4.32. The molecule has 2 aromatic rings. The van der Waals surface area contributed by atoms with E-state index in [4.69, 9.17) is 4.98 Å². The summed E-state index contributed by atoms with van der Waals surface area (Å²) in [4.78, 5) is 6.19. The van der Waals surface area contributed by atoms with E-state index in [1.54, 1.807) is 0 Å². The molecule has 2 atom stereocenters. The fourth-order valence-corrected chi connectivity index (χ4v) is 4.33. The molecule has 22 heavy (non-hydrogen) atoms. The lowest BCUT2D eigenvalue weighted by Gasteiger charge is -2.28. The van der Waals surface area contributed by atoms with Crippen molar-refractivity contribution in [2.45, 2.75) is 51.1 Å². The monoisotopic (exact) mass is 316 g/mol. The molecular formula is C18H24N2OS. The van der Waals surface area contributed by atoms with Gasteiger partial charge in [-0.2, -0.15) is 0 Å². The average molecular weight is 316 g/mol. The number of aliphatic hydroxyl groups excluding tert-OH is 1. The fraction of sp³-hybridized carbons (Fsp3) is 0.500. The van der Waals surface area contributed by atoms with Gasteiger partial charge in [0.15, 0.2) is 0 Å². The number of nitrogens with zero attached hydrogens (tertiary/aromatic N) is 1. The summed E-state index contributed by atoms with van der Waals surface area (Å²) in [7, 11) is 0. The Morgan fingerprint density at radius 2 is 2.18 bits per heavy atom. The predicted octanol–water partition coefficient (Wildman–Crippen LogP) is 3.80. The van der Waals surface area contributed by atoms with E-state index >= 15 is 0 Å². The quantitative estimate of drug-likeness (QED) is 0.852. The van der Waals surface area contributed by atoms with Gasteiger partial charge in [0.25, 0.3) is 0 Å². The topological polar surface area (TPSA) is 45.2 Å². The second-order valence-corrected chi connectivity index (χ2v) is 6.97. The lowest BCUT2D eigenvalue weighted by atomic mass is 9.95. The van der Waals surface area contributed by atoms with Crippen LogP contribution in [0.25, 0.3) is 0 Å². The van der Waals surface area contributed by atoms with Gasteiger partial charge in [-0.25, -0.2) is 4.98 Å².